The molecular formula is C24H24F2O2. The predicted octanol–water partition coefficient (Wildman–Crippen LogP) is 6.56. The van der Waals surface area contributed by atoms with Gasteiger partial charge in [-0.1, -0.05) is 61.9 Å². The summed E-state index contributed by atoms with van der Waals surface area (Å²) in [5.74, 6) is -2.30. The van der Waals surface area contributed by atoms with Gasteiger partial charge in [0.1, 0.15) is 6.61 Å². The second-order valence-corrected chi connectivity index (χ2v) is 6.56. The molecule has 0 amide bonds. The zero-order valence-electron chi connectivity index (χ0n) is 16.2. The van der Waals surface area contributed by atoms with Gasteiger partial charge in [-0.3, -0.25) is 0 Å². The topological polar surface area (TPSA) is 18.5 Å². The Bertz CT molecular complexity index is 903. The van der Waals surface area contributed by atoms with Crippen molar-refractivity contribution in [3.63, 3.8) is 0 Å². The number of rotatable bonds is 8. The van der Waals surface area contributed by atoms with Crippen molar-refractivity contribution in [2.45, 2.75) is 33.3 Å². The molecule has 0 spiro atoms. The minimum Gasteiger partial charge on any atom is -0.491 e. The first kappa shape index (κ1) is 19.9. The molecule has 0 heterocycles. The van der Waals surface area contributed by atoms with Crippen LogP contribution in [0.4, 0.5) is 8.78 Å². The van der Waals surface area contributed by atoms with Crippen LogP contribution in [0.1, 0.15) is 31.4 Å². The van der Waals surface area contributed by atoms with E-state index in [0.717, 1.165) is 29.5 Å². The van der Waals surface area contributed by atoms with Crippen molar-refractivity contribution in [3.8, 4) is 22.6 Å². The Hall–Kier alpha value is -2.88. The molecular weight excluding hydrogens is 358 g/mol. The molecule has 0 bridgehead atoms. The second-order valence-electron chi connectivity index (χ2n) is 6.56. The Balaban J connectivity index is 1.65. The third-order valence-electron chi connectivity index (χ3n) is 4.49. The van der Waals surface area contributed by atoms with Crippen molar-refractivity contribution in [2.75, 3.05) is 6.61 Å². The number of halogens is 2. The van der Waals surface area contributed by atoms with Crippen LogP contribution in [-0.2, 0) is 13.0 Å². The fraction of sp³-hybridized carbons (Fsp3) is 0.250. The highest BCUT2D eigenvalue weighted by Gasteiger charge is 2.15. The number of ether oxygens (including phenoxy) is 2. The molecule has 0 saturated heterocycles. The molecule has 2 nitrogen and oxygen atoms in total. The molecule has 0 aliphatic carbocycles. The van der Waals surface area contributed by atoms with Gasteiger partial charge >= 0.3 is 0 Å². The molecule has 0 aliphatic heterocycles. The molecule has 0 unspecified atom stereocenters. The van der Waals surface area contributed by atoms with Crippen molar-refractivity contribution in [2.24, 2.45) is 0 Å². The zero-order valence-corrected chi connectivity index (χ0v) is 16.2. The molecule has 3 aromatic carbocycles. The highest BCUT2D eigenvalue weighted by Crippen LogP contribution is 2.28. The molecule has 0 saturated carbocycles. The van der Waals surface area contributed by atoms with Crippen LogP contribution >= 0.6 is 0 Å². The summed E-state index contributed by atoms with van der Waals surface area (Å²) in [6, 6.07) is 19.2. The van der Waals surface area contributed by atoms with E-state index in [1.807, 2.05) is 24.3 Å². The van der Waals surface area contributed by atoms with Gasteiger partial charge in [-0.2, -0.15) is 8.78 Å². The first-order chi connectivity index (χ1) is 13.6. The van der Waals surface area contributed by atoms with E-state index in [1.165, 1.54) is 17.7 Å². The van der Waals surface area contributed by atoms with Crippen LogP contribution in [0.15, 0.2) is 60.7 Å². The third kappa shape index (κ3) is 4.69. The molecule has 3 aromatic rings. The Morgan fingerprint density at radius 2 is 1.14 bits per heavy atom. The molecule has 28 heavy (non-hydrogen) atoms. The Kier molecular flexibility index (Phi) is 6.64. The summed E-state index contributed by atoms with van der Waals surface area (Å²) in [6.07, 6.45) is 2.21. The number of hydrogen-bond acceptors (Lipinski definition) is 2. The summed E-state index contributed by atoms with van der Waals surface area (Å²) in [6.45, 7) is 4.30. The van der Waals surface area contributed by atoms with Crippen LogP contribution in [0.5, 0.6) is 11.5 Å². The first-order valence-electron chi connectivity index (χ1n) is 9.54. The molecule has 0 radical (unpaired) electrons. The molecule has 0 aliphatic rings. The van der Waals surface area contributed by atoms with Crippen molar-refractivity contribution in [1.29, 1.82) is 0 Å². The van der Waals surface area contributed by atoms with E-state index in [1.54, 1.807) is 6.92 Å². The van der Waals surface area contributed by atoms with Crippen molar-refractivity contribution in [1.82, 2.24) is 0 Å². The van der Waals surface area contributed by atoms with Crippen LogP contribution < -0.4 is 9.47 Å². The van der Waals surface area contributed by atoms with E-state index < -0.39 is 11.6 Å². The summed E-state index contributed by atoms with van der Waals surface area (Å²) in [5, 5.41) is 0. The lowest BCUT2D eigenvalue weighted by atomic mass is 10.0. The van der Waals surface area contributed by atoms with Gasteiger partial charge in [-0.25, -0.2) is 0 Å². The van der Waals surface area contributed by atoms with Crippen molar-refractivity contribution < 1.29 is 18.3 Å². The second kappa shape index (κ2) is 9.36. The largest absolute Gasteiger partial charge is 0.491 e. The Morgan fingerprint density at radius 1 is 0.643 bits per heavy atom. The van der Waals surface area contributed by atoms with E-state index in [9.17, 15) is 8.78 Å². The van der Waals surface area contributed by atoms with E-state index in [0.29, 0.717) is 0 Å². The maximum absolute atomic E-state index is 14.1. The average molecular weight is 382 g/mol. The minimum atomic E-state index is -1.03. The lowest BCUT2D eigenvalue weighted by molar-refractivity contribution is 0.274. The monoisotopic (exact) mass is 382 g/mol. The summed E-state index contributed by atoms with van der Waals surface area (Å²) >= 11 is 0. The van der Waals surface area contributed by atoms with Gasteiger partial charge in [0.15, 0.2) is 11.5 Å². The highest BCUT2D eigenvalue weighted by atomic mass is 19.2. The fourth-order valence-corrected chi connectivity index (χ4v) is 3.00. The van der Waals surface area contributed by atoms with Crippen LogP contribution in [0.2, 0.25) is 0 Å². The first-order valence-corrected chi connectivity index (χ1v) is 9.54. The Morgan fingerprint density at radius 3 is 1.64 bits per heavy atom. The minimum absolute atomic E-state index is 0.110. The summed E-state index contributed by atoms with van der Waals surface area (Å²) in [4.78, 5) is 0. The van der Waals surface area contributed by atoms with Gasteiger partial charge in [0.2, 0.25) is 11.6 Å². The molecule has 0 atom stereocenters. The van der Waals surface area contributed by atoms with E-state index >= 15 is 0 Å². The number of benzene rings is 3. The Labute approximate surface area is 164 Å². The SMILES string of the molecule is CCCc1ccc(-c2ccc(COc3ccc(OCC)c(F)c3F)cc2)cc1. The normalized spacial score (nSPS) is 10.7. The quantitative estimate of drug-likeness (QED) is 0.439. The number of hydrogen-bond donors (Lipinski definition) is 0. The lowest BCUT2D eigenvalue weighted by Gasteiger charge is -2.11. The summed E-state index contributed by atoms with van der Waals surface area (Å²) in [7, 11) is 0. The van der Waals surface area contributed by atoms with Gasteiger partial charge in [0.05, 0.1) is 6.61 Å². The van der Waals surface area contributed by atoms with E-state index in [-0.39, 0.29) is 24.7 Å². The summed E-state index contributed by atoms with van der Waals surface area (Å²) in [5.41, 5.74) is 4.46. The maximum Gasteiger partial charge on any atom is 0.204 e. The molecule has 3 rings (SSSR count). The van der Waals surface area contributed by atoms with E-state index in [4.69, 9.17) is 9.47 Å². The zero-order chi connectivity index (χ0) is 19.9. The fourth-order valence-electron chi connectivity index (χ4n) is 3.00. The standard InChI is InChI=1S/C24H24F2O2/c1-3-5-17-6-10-19(11-7-17)20-12-8-18(9-13-20)16-28-22-15-14-21(27-4-2)23(25)24(22)26/h6-15H,3-5,16H2,1-2H3. The van der Waals surface area contributed by atoms with Gasteiger partial charge in [-0.05, 0) is 47.7 Å². The average Bonchev–Trinajstić information content (AvgIpc) is 2.72. The summed E-state index contributed by atoms with van der Waals surface area (Å²) < 4.78 is 38.5. The van der Waals surface area contributed by atoms with Crippen LogP contribution in [0, 0.1) is 11.6 Å². The van der Waals surface area contributed by atoms with Crippen LogP contribution in [0.25, 0.3) is 11.1 Å². The molecule has 146 valence electrons. The predicted molar refractivity (Wildman–Crippen MR) is 108 cm³/mol. The van der Waals surface area contributed by atoms with Gasteiger partial charge in [0, 0.05) is 0 Å². The third-order valence-corrected chi connectivity index (χ3v) is 4.49. The van der Waals surface area contributed by atoms with Crippen LogP contribution in [0.3, 0.4) is 0 Å². The van der Waals surface area contributed by atoms with E-state index in [2.05, 4.69) is 31.2 Å². The molecule has 0 aromatic heterocycles. The lowest BCUT2D eigenvalue weighted by Crippen LogP contribution is -2.02. The highest BCUT2D eigenvalue weighted by molar-refractivity contribution is 5.64. The van der Waals surface area contributed by atoms with Crippen LogP contribution in [-0.4, -0.2) is 6.61 Å². The van der Waals surface area contributed by atoms with Crippen molar-refractivity contribution >= 4 is 0 Å². The molecule has 4 heteroatoms. The molecule has 0 fully saturated rings. The molecule has 0 N–H and O–H groups in total. The van der Waals surface area contributed by atoms with Gasteiger partial charge < -0.3 is 9.47 Å². The van der Waals surface area contributed by atoms with Crippen molar-refractivity contribution in [3.05, 3.63) is 83.4 Å². The number of aryl methyl sites for hydroxylation is 1. The van der Waals surface area contributed by atoms with Gasteiger partial charge in [-0.15, -0.1) is 0 Å². The smallest absolute Gasteiger partial charge is 0.204 e. The maximum atomic E-state index is 14.1. The van der Waals surface area contributed by atoms with Gasteiger partial charge in [0.25, 0.3) is 0 Å².